The Hall–Kier alpha value is 1.46. The predicted molar refractivity (Wildman–Crippen MR) is 56.0 cm³/mol. The molecule has 0 unspecified atom stereocenters. The van der Waals surface area contributed by atoms with Gasteiger partial charge in [-0.15, -0.1) is 0 Å². The summed E-state index contributed by atoms with van der Waals surface area (Å²) in [5.74, 6) is 0. The first-order chi connectivity index (χ1) is 5.27. The number of halogens is 4. The molecule has 0 aromatic rings. The van der Waals surface area contributed by atoms with E-state index in [1.807, 2.05) is 6.92 Å². The maximum absolute atomic E-state index is 5.95. The molecule has 0 aliphatic heterocycles. The topological polar surface area (TPSA) is 0 Å². The molecule has 5 heteroatoms. The van der Waals surface area contributed by atoms with Crippen LogP contribution in [0.1, 0.15) is 26.2 Å². The van der Waals surface area contributed by atoms with Gasteiger partial charge < -0.3 is 0 Å². The summed E-state index contributed by atoms with van der Waals surface area (Å²) in [7, 11) is 19.4. The van der Waals surface area contributed by atoms with E-state index in [9.17, 15) is 0 Å². The predicted octanol–water partition coefficient (Wildman–Crippen LogP) is 4.59. The summed E-state index contributed by atoms with van der Waals surface area (Å²) in [4.78, 5) is 0. The van der Waals surface area contributed by atoms with Crippen LogP contribution in [0.5, 0.6) is 0 Å². The summed E-state index contributed by atoms with van der Waals surface area (Å²) in [5, 5.41) is 0. The van der Waals surface area contributed by atoms with Crippen LogP contribution in [-0.4, -0.2) is 3.90 Å². The van der Waals surface area contributed by atoms with Gasteiger partial charge in [-0.05, 0) is 0 Å². The van der Waals surface area contributed by atoms with E-state index >= 15 is 0 Å². The van der Waals surface area contributed by atoms with Gasteiger partial charge in [-0.1, -0.05) is 0 Å². The van der Waals surface area contributed by atoms with Crippen molar-refractivity contribution in [3.63, 3.8) is 0 Å². The fourth-order valence-electron chi connectivity index (χ4n) is 1.19. The SMILES string of the molecule is C[C](C1=CCCC1)=[W]([Cl])([Cl])([Cl])[Cl]. The van der Waals surface area contributed by atoms with Gasteiger partial charge in [-0.2, -0.15) is 0 Å². The van der Waals surface area contributed by atoms with E-state index in [1.165, 1.54) is 0 Å². The molecule has 1 rings (SSSR count). The molecule has 0 fully saturated rings. The van der Waals surface area contributed by atoms with Crippen molar-refractivity contribution in [2.24, 2.45) is 0 Å². The molecule has 0 heterocycles. The second-order valence-electron chi connectivity index (χ2n) is 2.84. The molecule has 72 valence electrons. The van der Waals surface area contributed by atoms with Crippen molar-refractivity contribution in [2.45, 2.75) is 26.2 Å². The van der Waals surface area contributed by atoms with Crippen LogP contribution < -0.4 is 0 Å². The van der Waals surface area contributed by atoms with Crippen molar-refractivity contribution in [2.75, 3.05) is 0 Å². The van der Waals surface area contributed by atoms with Crippen LogP contribution >= 0.6 is 37.7 Å². The van der Waals surface area contributed by atoms with Crippen molar-refractivity contribution in [3.8, 4) is 0 Å². The van der Waals surface area contributed by atoms with Gasteiger partial charge >= 0.3 is 89.6 Å². The molecule has 0 saturated carbocycles. The second kappa shape index (κ2) is 3.55. The first kappa shape index (κ1) is 11.5. The molecule has 0 saturated heterocycles. The summed E-state index contributed by atoms with van der Waals surface area (Å²) in [5.41, 5.74) is 1.16. The van der Waals surface area contributed by atoms with Gasteiger partial charge in [-0.3, -0.25) is 0 Å². The normalized spacial score (nSPS) is 21.4. The zero-order chi connectivity index (χ0) is 9.43. The van der Waals surface area contributed by atoms with Gasteiger partial charge in [-0.25, -0.2) is 0 Å². The molecule has 0 aromatic heterocycles. The molecule has 0 aromatic carbocycles. The Morgan fingerprint density at radius 1 is 1.33 bits per heavy atom. The molecule has 0 bridgehead atoms. The van der Waals surface area contributed by atoms with Crippen LogP contribution in [0.3, 0.4) is 0 Å². The Balaban J connectivity index is 3.13. The average Bonchev–Trinajstić information content (AvgIpc) is 2.32. The Morgan fingerprint density at radius 3 is 2.25 bits per heavy atom. The molecule has 0 amide bonds. The quantitative estimate of drug-likeness (QED) is 0.583. The van der Waals surface area contributed by atoms with Gasteiger partial charge in [0.05, 0.1) is 0 Å². The molecule has 1 aliphatic carbocycles. The van der Waals surface area contributed by atoms with Crippen LogP contribution in [-0.2, 0) is 10.2 Å². The van der Waals surface area contributed by atoms with Crippen LogP contribution in [0.4, 0.5) is 0 Å². The second-order valence-corrected chi connectivity index (χ2v) is 37.7. The monoisotopic (exact) mass is 418 g/mol. The van der Waals surface area contributed by atoms with E-state index in [1.54, 1.807) is 0 Å². The molecule has 0 N–H and O–H groups in total. The van der Waals surface area contributed by atoms with Gasteiger partial charge in [0.2, 0.25) is 0 Å². The zero-order valence-corrected chi connectivity index (χ0v) is 12.6. The van der Waals surface area contributed by atoms with E-state index in [0.29, 0.717) is 0 Å². The number of hydrogen-bond donors (Lipinski definition) is 0. The number of hydrogen-bond acceptors (Lipinski definition) is 0. The van der Waals surface area contributed by atoms with Gasteiger partial charge in [0, 0.05) is 0 Å². The van der Waals surface area contributed by atoms with Crippen LogP contribution in [0.25, 0.3) is 0 Å². The molecule has 12 heavy (non-hydrogen) atoms. The summed E-state index contributed by atoms with van der Waals surface area (Å²) in [6.45, 7) is 1.85. The fourth-order valence-corrected chi connectivity index (χ4v) is 6.52. The molecular formula is C7H10Cl4W. The molecule has 0 nitrogen and oxygen atoms in total. The van der Waals surface area contributed by atoms with E-state index in [-0.39, 0.29) is 0 Å². The Bertz CT molecular complexity index is 273. The summed E-state index contributed by atoms with van der Waals surface area (Å²) >= 11 is 0. The molecular weight excluding hydrogens is 410 g/mol. The minimum absolute atomic E-state index is 0.833. The summed E-state index contributed by atoms with van der Waals surface area (Å²) in [6, 6.07) is 0. The van der Waals surface area contributed by atoms with Crippen molar-refractivity contribution in [1.29, 1.82) is 0 Å². The molecule has 0 spiro atoms. The van der Waals surface area contributed by atoms with E-state index in [2.05, 4.69) is 6.08 Å². The van der Waals surface area contributed by atoms with Crippen molar-refractivity contribution >= 4 is 41.6 Å². The Kier molecular flexibility index (Phi) is 3.41. The summed E-state index contributed by atoms with van der Waals surface area (Å²) < 4.78 is 0.833. The van der Waals surface area contributed by atoms with E-state index in [0.717, 1.165) is 28.7 Å². The first-order valence-corrected chi connectivity index (χ1v) is 19.6. The first-order valence-electron chi connectivity index (χ1n) is 3.62. The van der Waals surface area contributed by atoms with Crippen LogP contribution in [0, 0.1) is 0 Å². The Morgan fingerprint density at radius 2 is 1.92 bits per heavy atom. The third-order valence-electron chi connectivity index (χ3n) is 1.96. The maximum atomic E-state index is 5.95. The third kappa shape index (κ3) is 2.99. The van der Waals surface area contributed by atoms with Gasteiger partial charge in [0.25, 0.3) is 0 Å². The zero-order valence-electron chi connectivity index (χ0n) is 6.62. The average molecular weight is 420 g/mol. The van der Waals surface area contributed by atoms with Crippen LogP contribution in [0.2, 0.25) is 0 Å². The number of allylic oxidation sites excluding steroid dienone is 2. The van der Waals surface area contributed by atoms with Gasteiger partial charge in [0.1, 0.15) is 0 Å². The Labute approximate surface area is 88.9 Å². The van der Waals surface area contributed by atoms with Crippen molar-refractivity contribution in [1.82, 2.24) is 0 Å². The minimum atomic E-state index is -4.38. The van der Waals surface area contributed by atoms with Gasteiger partial charge in [0.15, 0.2) is 0 Å². The molecule has 0 atom stereocenters. The van der Waals surface area contributed by atoms with Crippen LogP contribution in [0.15, 0.2) is 11.6 Å². The van der Waals surface area contributed by atoms with E-state index < -0.39 is 10.2 Å². The standard InChI is InChI=1S/C7H10.4ClH.W/c1-2-7-5-3-4-6-7;;;;;/h5H,3-4,6H2,1H3;4*1H;/q;;;;;+4/p-4. The van der Waals surface area contributed by atoms with E-state index in [4.69, 9.17) is 37.7 Å². The summed E-state index contributed by atoms with van der Waals surface area (Å²) in [6.07, 6.45) is 5.37. The molecule has 0 radical (unpaired) electrons. The van der Waals surface area contributed by atoms with Crippen molar-refractivity contribution in [3.05, 3.63) is 11.6 Å². The molecule has 1 aliphatic rings. The fraction of sp³-hybridized carbons (Fsp3) is 0.571. The third-order valence-corrected chi connectivity index (χ3v) is 13.8. The van der Waals surface area contributed by atoms with Crippen molar-refractivity contribution < 1.29 is 10.2 Å². The number of rotatable bonds is 1.